The first-order valence-corrected chi connectivity index (χ1v) is 6.15. The van der Waals surface area contributed by atoms with E-state index in [2.05, 4.69) is 5.32 Å². The van der Waals surface area contributed by atoms with E-state index >= 15 is 0 Å². The van der Waals surface area contributed by atoms with Crippen molar-refractivity contribution < 1.29 is 13.9 Å². The van der Waals surface area contributed by atoms with Crippen LogP contribution in [0.5, 0.6) is 0 Å². The highest BCUT2D eigenvalue weighted by atomic mass is 19.1. The van der Waals surface area contributed by atoms with Crippen molar-refractivity contribution >= 4 is 12.2 Å². The molecular weight excluding hydrogens is 259 g/mol. The summed E-state index contributed by atoms with van der Waals surface area (Å²) in [5.41, 5.74) is -0.0934. The average Bonchev–Trinajstić information content (AvgIpc) is 2.32. The summed E-state index contributed by atoms with van der Waals surface area (Å²) in [6.45, 7) is 5.55. The third-order valence-electron chi connectivity index (χ3n) is 2.22. The van der Waals surface area contributed by atoms with Gasteiger partial charge in [-0.05, 0) is 32.4 Å². The fraction of sp³-hybridized carbons (Fsp3) is 0.333. The molecule has 0 atom stereocenters. The van der Waals surface area contributed by atoms with Crippen LogP contribution in [0.3, 0.4) is 0 Å². The van der Waals surface area contributed by atoms with E-state index in [0.29, 0.717) is 5.56 Å². The molecule has 0 aliphatic heterocycles. The number of benzene rings is 1. The van der Waals surface area contributed by atoms with Gasteiger partial charge in [-0.15, -0.1) is 0 Å². The van der Waals surface area contributed by atoms with Crippen molar-refractivity contribution in [1.82, 2.24) is 5.32 Å². The number of amides is 1. The largest absolute Gasteiger partial charge is 0.444 e. The van der Waals surface area contributed by atoms with Crippen molar-refractivity contribution in [2.24, 2.45) is 0 Å². The van der Waals surface area contributed by atoms with E-state index in [4.69, 9.17) is 10.00 Å². The first-order chi connectivity index (χ1) is 9.33. The summed E-state index contributed by atoms with van der Waals surface area (Å²) in [5, 5.41) is 11.4. The second kappa shape index (κ2) is 6.71. The monoisotopic (exact) mass is 276 g/mol. The van der Waals surface area contributed by atoms with Crippen molar-refractivity contribution in [1.29, 1.82) is 5.26 Å². The molecule has 0 aliphatic carbocycles. The van der Waals surface area contributed by atoms with Gasteiger partial charge in [-0.3, -0.25) is 0 Å². The minimum atomic E-state index is -0.560. The lowest BCUT2D eigenvalue weighted by atomic mass is 10.1. The maximum atomic E-state index is 13.3. The molecule has 0 heterocycles. The van der Waals surface area contributed by atoms with Crippen LogP contribution in [0.4, 0.5) is 9.18 Å². The van der Waals surface area contributed by atoms with E-state index in [-0.39, 0.29) is 12.1 Å². The minimum Gasteiger partial charge on any atom is -0.444 e. The van der Waals surface area contributed by atoms with Crippen LogP contribution in [0, 0.1) is 17.1 Å². The number of hydrogen-bond donors (Lipinski definition) is 1. The number of nitrogens with zero attached hydrogens (tertiary/aromatic N) is 1. The van der Waals surface area contributed by atoms with Gasteiger partial charge in [-0.25, -0.2) is 9.18 Å². The number of carbonyl (C=O) groups excluding carboxylic acids is 1. The van der Waals surface area contributed by atoms with E-state index in [0.717, 1.165) is 0 Å². The number of nitriles is 1. The molecule has 0 unspecified atom stereocenters. The second-order valence-electron chi connectivity index (χ2n) is 5.10. The zero-order valence-electron chi connectivity index (χ0n) is 11.7. The highest BCUT2D eigenvalue weighted by Gasteiger charge is 2.15. The molecule has 0 radical (unpaired) electrons. The molecule has 0 bridgehead atoms. The SMILES string of the molecule is CC(C)(C)OC(=O)NCC=Cc1cccc(F)c1C#N. The van der Waals surface area contributed by atoms with Gasteiger partial charge < -0.3 is 10.1 Å². The minimum absolute atomic E-state index is 0.0129. The van der Waals surface area contributed by atoms with Crippen LogP contribution < -0.4 is 5.32 Å². The lowest BCUT2D eigenvalue weighted by molar-refractivity contribution is 0.0534. The number of halogens is 1. The molecule has 20 heavy (non-hydrogen) atoms. The van der Waals surface area contributed by atoms with Crippen molar-refractivity contribution in [3.63, 3.8) is 0 Å². The molecule has 0 saturated heterocycles. The van der Waals surface area contributed by atoms with Gasteiger partial charge >= 0.3 is 6.09 Å². The fourth-order valence-electron chi connectivity index (χ4n) is 1.44. The van der Waals surface area contributed by atoms with Gasteiger partial charge in [-0.2, -0.15) is 5.26 Å². The van der Waals surface area contributed by atoms with Gasteiger partial charge in [0.15, 0.2) is 0 Å². The third-order valence-corrected chi connectivity index (χ3v) is 2.22. The third kappa shape index (κ3) is 5.11. The van der Waals surface area contributed by atoms with Crippen LogP contribution in [0.25, 0.3) is 6.08 Å². The van der Waals surface area contributed by atoms with E-state index in [9.17, 15) is 9.18 Å². The van der Waals surface area contributed by atoms with Gasteiger partial charge in [0.2, 0.25) is 0 Å². The van der Waals surface area contributed by atoms with E-state index in [1.54, 1.807) is 45.1 Å². The molecule has 0 aliphatic rings. The van der Waals surface area contributed by atoms with Crippen molar-refractivity contribution in [3.8, 4) is 6.07 Å². The molecule has 106 valence electrons. The number of ether oxygens (including phenoxy) is 1. The molecule has 1 N–H and O–H groups in total. The van der Waals surface area contributed by atoms with Gasteiger partial charge in [-0.1, -0.05) is 24.3 Å². The number of rotatable bonds is 3. The summed E-state index contributed by atoms with van der Waals surface area (Å²) in [6, 6.07) is 6.19. The van der Waals surface area contributed by atoms with Gasteiger partial charge in [0.05, 0.1) is 5.56 Å². The molecule has 0 spiro atoms. The molecule has 1 rings (SSSR count). The highest BCUT2D eigenvalue weighted by molar-refractivity contribution is 5.68. The number of carbonyl (C=O) groups is 1. The quantitative estimate of drug-likeness (QED) is 0.921. The Morgan fingerprint density at radius 2 is 2.20 bits per heavy atom. The van der Waals surface area contributed by atoms with E-state index in [1.165, 1.54) is 12.1 Å². The second-order valence-corrected chi connectivity index (χ2v) is 5.10. The Morgan fingerprint density at radius 1 is 1.50 bits per heavy atom. The molecular formula is C15H17FN2O2. The van der Waals surface area contributed by atoms with Crippen LogP contribution >= 0.6 is 0 Å². The number of alkyl carbamates (subject to hydrolysis) is 1. The van der Waals surface area contributed by atoms with Crippen LogP contribution in [-0.2, 0) is 4.74 Å². The maximum Gasteiger partial charge on any atom is 0.407 e. The summed E-state index contributed by atoms with van der Waals surface area (Å²) in [4.78, 5) is 11.4. The van der Waals surface area contributed by atoms with Crippen molar-refractivity contribution in [2.45, 2.75) is 26.4 Å². The van der Waals surface area contributed by atoms with Gasteiger partial charge in [0.25, 0.3) is 0 Å². The fourth-order valence-corrected chi connectivity index (χ4v) is 1.44. The Hall–Kier alpha value is -2.35. The molecule has 1 aromatic carbocycles. The molecule has 1 aromatic rings. The summed E-state index contributed by atoms with van der Waals surface area (Å²) >= 11 is 0. The Labute approximate surface area is 117 Å². The molecule has 0 aromatic heterocycles. The topological polar surface area (TPSA) is 62.1 Å². The van der Waals surface area contributed by atoms with Crippen LogP contribution in [-0.4, -0.2) is 18.2 Å². The Balaban J connectivity index is 2.57. The molecule has 5 heteroatoms. The van der Waals surface area contributed by atoms with Crippen molar-refractivity contribution in [2.75, 3.05) is 6.54 Å². The normalized spacial score (nSPS) is 11.2. The van der Waals surface area contributed by atoms with Gasteiger partial charge in [0, 0.05) is 6.54 Å². The van der Waals surface area contributed by atoms with Gasteiger partial charge in [0.1, 0.15) is 17.5 Å². The lowest BCUT2D eigenvalue weighted by Gasteiger charge is -2.19. The Bertz CT molecular complexity index is 554. The van der Waals surface area contributed by atoms with Crippen molar-refractivity contribution in [3.05, 3.63) is 41.2 Å². The maximum absolute atomic E-state index is 13.3. The number of nitrogens with one attached hydrogen (secondary N) is 1. The highest BCUT2D eigenvalue weighted by Crippen LogP contribution is 2.13. The summed E-state index contributed by atoms with van der Waals surface area (Å²) < 4.78 is 18.4. The standard InChI is InChI=1S/C15H17FN2O2/c1-15(2,3)20-14(19)18-9-5-7-11-6-4-8-13(16)12(11)10-17/h4-8H,9H2,1-3H3,(H,18,19). The smallest absolute Gasteiger partial charge is 0.407 e. The van der Waals surface area contributed by atoms with E-state index in [1.807, 2.05) is 0 Å². The Morgan fingerprint density at radius 3 is 2.80 bits per heavy atom. The van der Waals surface area contributed by atoms with Crippen LogP contribution in [0.2, 0.25) is 0 Å². The molecule has 0 fully saturated rings. The lowest BCUT2D eigenvalue weighted by Crippen LogP contribution is -2.32. The first-order valence-electron chi connectivity index (χ1n) is 6.15. The zero-order chi connectivity index (χ0) is 15.2. The van der Waals surface area contributed by atoms with Crippen LogP contribution in [0.15, 0.2) is 24.3 Å². The molecule has 0 saturated carbocycles. The summed E-state index contributed by atoms with van der Waals surface area (Å²) in [7, 11) is 0. The average molecular weight is 276 g/mol. The summed E-state index contributed by atoms with van der Waals surface area (Å²) in [5.74, 6) is -0.560. The first kappa shape index (κ1) is 15.7. The van der Waals surface area contributed by atoms with Crippen LogP contribution in [0.1, 0.15) is 31.9 Å². The van der Waals surface area contributed by atoms with E-state index < -0.39 is 17.5 Å². The zero-order valence-corrected chi connectivity index (χ0v) is 11.7. The predicted octanol–water partition coefficient (Wildman–Crippen LogP) is 3.24. The summed E-state index contributed by atoms with van der Waals surface area (Å²) in [6.07, 6.45) is 2.68. The number of hydrogen-bond acceptors (Lipinski definition) is 3. The molecule has 4 nitrogen and oxygen atoms in total. The predicted molar refractivity (Wildman–Crippen MR) is 74.4 cm³/mol. The molecule has 1 amide bonds. The Kier molecular flexibility index (Phi) is 5.27.